The second-order valence-electron chi connectivity index (χ2n) is 7.60. The number of nitrogens with zero attached hydrogens (tertiary/aromatic N) is 1. The van der Waals surface area contributed by atoms with E-state index in [0.717, 1.165) is 15.1 Å². The Labute approximate surface area is 193 Å². The van der Waals surface area contributed by atoms with Gasteiger partial charge in [-0.15, -0.1) is 0 Å². The number of sulfonamides is 1. The van der Waals surface area contributed by atoms with Gasteiger partial charge in [-0.1, -0.05) is 54.6 Å². The van der Waals surface area contributed by atoms with Crippen LogP contribution in [0.2, 0.25) is 0 Å². The zero-order chi connectivity index (χ0) is 23.6. The summed E-state index contributed by atoms with van der Waals surface area (Å²) in [5, 5.41) is 4.84. The molecule has 168 valence electrons. The van der Waals surface area contributed by atoms with Crippen LogP contribution in [-0.2, 0) is 10.0 Å². The van der Waals surface area contributed by atoms with E-state index in [1.165, 1.54) is 26.3 Å². The van der Waals surface area contributed by atoms with Gasteiger partial charge in [0.1, 0.15) is 5.75 Å². The van der Waals surface area contributed by atoms with E-state index in [9.17, 15) is 13.2 Å². The normalized spacial score (nSPS) is 11.2. The molecule has 0 spiro atoms. The Morgan fingerprint density at radius 2 is 1.61 bits per heavy atom. The maximum absolute atomic E-state index is 13.4. The first-order valence-corrected chi connectivity index (χ1v) is 11.8. The molecule has 6 nitrogen and oxygen atoms in total. The average Bonchev–Trinajstić information content (AvgIpc) is 2.83. The van der Waals surface area contributed by atoms with Gasteiger partial charge in [0, 0.05) is 23.7 Å². The first-order chi connectivity index (χ1) is 15.8. The average molecular weight is 461 g/mol. The van der Waals surface area contributed by atoms with Crippen molar-refractivity contribution in [2.45, 2.75) is 11.8 Å². The lowest BCUT2D eigenvalue weighted by Crippen LogP contribution is -2.27. The summed E-state index contributed by atoms with van der Waals surface area (Å²) in [5.41, 5.74) is 2.03. The Hall–Kier alpha value is -3.84. The molecular formula is C26H24N2O4S. The van der Waals surface area contributed by atoms with E-state index in [1.54, 1.807) is 37.3 Å². The van der Waals surface area contributed by atoms with Gasteiger partial charge in [-0.2, -0.15) is 0 Å². The molecule has 1 amide bonds. The van der Waals surface area contributed by atoms with Crippen LogP contribution in [0.5, 0.6) is 5.75 Å². The summed E-state index contributed by atoms with van der Waals surface area (Å²) >= 11 is 0. The summed E-state index contributed by atoms with van der Waals surface area (Å²) in [6.07, 6.45) is 0. The molecule has 4 rings (SSSR count). The Balaban J connectivity index is 1.69. The Morgan fingerprint density at radius 3 is 2.39 bits per heavy atom. The van der Waals surface area contributed by atoms with Gasteiger partial charge in [-0.3, -0.25) is 9.10 Å². The molecule has 0 aliphatic carbocycles. The van der Waals surface area contributed by atoms with Crippen molar-refractivity contribution >= 4 is 38.1 Å². The Morgan fingerprint density at radius 1 is 0.909 bits per heavy atom. The van der Waals surface area contributed by atoms with Gasteiger partial charge in [0.15, 0.2) is 0 Å². The van der Waals surface area contributed by atoms with Gasteiger partial charge in [0.2, 0.25) is 0 Å². The van der Waals surface area contributed by atoms with E-state index in [2.05, 4.69) is 5.32 Å². The molecule has 0 aromatic heterocycles. The number of methoxy groups -OCH3 is 1. The van der Waals surface area contributed by atoms with Crippen molar-refractivity contribution < 1.29 is 17.9 Å². The zero-order valence-corrected chi connectivity index (χ0v) is 19.4. The molecule has 0 saturated heterocycles. The summed E-state index contributed by atoms with van der Waals surface area (Å²) in [4.78, 5) is 13.2. The molecule has 0 saturated carbocycles. The summed E-state index contributed by atoms with van der Waals surface area (Å²) in [7, 11) is -0.983. The number of carbonyl (C=O) groups is 1. The topological polar surface area (TPSA) is 75.7 Å². The number of hydrogen-bond acceptors (Lipinski definition) is 4. The number of ether oxygens (including phenoxy) is 1. The van der Waals surface area contributed by atoms with E-state index in [1.807, 2.05) is 42.5 Å². The lowest BCUT2D eigenvalue weighted by molar-refractivity contribution is 0.102. The number of nitrogens with one attached hydrogen (secondary N) is 1. The molecule has 0 aliphatic rings. The van der Waals surface area contributed by atoms with Crippen LogP contribution in [0, 0.1) is 6.92 Å². The van der Waals surface area contributed by atoms with Gasteiger partial charge in [-0.25, -0.2) is 8.42 Å². The summed E-state index contributed by atoms with van der Waals surface area (Å²) in [6.45, 7) is 1.78. The third-order valence-corrected chi connectivity index (χ3v) is 7.34. The molecule has 0 bridgehead atoms. The van der Waals surface area contributed by atoms with Crippen LogP contribution >= 0.6 is 0 Å². The van der Waals surface area contributed by atoms with Gasteiger partial charge in [0.05, 0.1) is 17.7 Å². The quantitative estimate of drug-likeness (QED) is 0.427. The number of rotatable bonds is 6. The molecule has 0 fully saturated rings. The van der Waals surface area contributed by atoms with E-state index in [-0.39, 0.29) is 16.4 Å². The highest BCUT2D eigenvalue weighted by atomic mass is 32.2. The molecule has 4 aromatic carbocycles. The van der Waals surface area contributed by atoms with Crippen LogP contribution in [0.25, 0.3) is 10.8 Å². The SMILES string of the molecule is COc1ccccc1N(C)S(=O)(=O)c1ccc(C)c(C(=O)Nc2cccc3ccccc23)c1. The fourth-order valence-corrected chi connectivity index (χ4v) is 4.94. The Kier molecular flexibility index (Phi) is 6.07. The van der Waals surface area contributed by atoms with Crippen molar-refractivity contribution in [2.75, 3.05) is 23.8 Å². The predicted molar refractivity (Wildman–Crippen MR) is 132 cm³/mol. The monoisotopic (exact) mass is 460 g/mol. The minimum absolute atomic E-state index is 0.0181. The van der Waals surface area contributed by atoms with E-state index in [4.69, 9.17) is 4.74 Å². The third kappa shape index (κ3) is 4.27. The summed E-state index contributed by atoms with van der Waals surface area (Å²) < 4.78 is 33.2. The van der Waals surface area contributed by atoms with E-state index in [0.29, 0.717) is 22.7 Å². The second kappa shape index (κ2) is 8.96. The largest absolute Gasteiger partial charge is 0.495 e. The molecule has 0 atom stereocenters. The van der Waals surface area contributed by atoms with Gasteiger partial charge < -0.3 is 10.1 Å². The van der Waals surface area contributed by atoms with Crippen molar-refractivity contribution in [3.63, 3.8) is 0 Å². The summed E-state index contributed by atoms with van der Waals surface area (Å²) in [5.74, 6) is 0.0606. The molecule has 7 heteroatoms. The van der Waals surface area contributed by atoms with Crippen LogP contribution in [0.15, 0.2) is 89.8 Å². The van der Waals surface area contributed by atoms with Crippen molar-refractivity contribution in [3.05, 3.63) is 96.1 Å². The number of fused-ring (bicyclic) bond motifs is 1. The molecule has 4 aromatic rings. The Bertz CT molecular complexity index is 1440. The zero-order valence-electron chi connectivity index (χ0n) is 18.6. The van der Waals surface area contributed by atoms with Crippen LogP contribution in [0.1, 0.15) is 15.9 Å². The molecule has 0 heterocycles. The second-order valence-corrected chi connectivity index (χ2v) is 9.57. The number of hydrogen-bond donors (Lipinski definition) is 1. The fourth-order valence-electron chi connectivity index (χ4n) is 3.71. The first kappa shape index (κ1) is 22.4. The number of amides is 1. The standard InChI is InChI=1S/C26H24N2O4S/c1-18-15-16-20(33(30,31)28(2)24-13-6-7-14-25(24)32-3)17-22(18)26(29)27-23-12-8-10-19-9-4-5-11-21(19)23/h4-17H,1-3H3,(H,27,29). The highest BCUT2D eigenvalue weighted by Gasteiger charge is 2.25. The number of carbonyl (C=O) groups excluding carboxylic acids is 1. The highest BCUT2D eigenvalue weighted by molar-refractivity contribution is 7.92. The predicted octanol–water partition coefficient (Wildman–Crippen LogP) is 5.23. The number of benzene rings is 4. The van der Waals surface area contributed by atoms with Crippen molar-refractivity contribution in [1.82, 2.24) is 0 Å². The molecular weight excluding hydrogens is 436 g/mol. The smallest absolute Gasteiger partial charge is 0.264 e. The number of aryl methyl sites for hydroxylation is 1. The van der Waals surface area contributed by atoms with E-state index < -0.39 is 10.0 Å². The first-order valence-electron chi connectivity index (χ1n) is 10.3. The summed E-state index contributed by atoms with van der Waals surface area (Å²) in [6, 6.07) is 24.8. The van der Waals surface area contributed by atoms with Gasteiger partial charge >= 0.3 is 0 Å². The maximum Gasteiger partial charge on any atom is 0.264 e. The molecule has 1 N–H and O–H groups in total. The maximum atomic E-state index is 13.4. The minimum atomic E-state index is -3.93. The van der Waals surface area contributed by atoms with Crippen molar-refractivity contribution in [3.8, 4) is 5.75 Å². The molecule has 0 aliphatic heterocycles. The van der Waals surface area contributed by atoms with Crippen LogP contribution in [0.4, 0.5) is 11.4 Å². The van der Waals surface area contributed by atoms with Crippen LogP contribution in [-0.4, -0.2) is 28.5 Å². The van der Waals surface area contributed by atoms with Gasteiger partial charge in [-0.05, 0) is 48.2 Å². The molecule has 0 unspecified atom stereocenters. The molecule has 33 heavy (non-hydrogen) atoms. The lowest BCUT2D eigenvalue weighted by atomic mass is 10.1. The third-order valence-electron chi connectivity index (χ3n) is 5.57. The fraction of sp³-hybridized carbons (Fsp3) is 0.115. The van der Waals surface area contributed by atoms with Crippen LogP contribution in [0.3, 0.4) is 0 Å². The minimum Gasteiger partial charge on any atom is -0.495 e. The van der Waals surface area contributed by atoms with Crippen molar-refractivity contribution in [2.24, 2.45) is 0 Å². The highest BCUT2D eigenvalue weighted by Crippen LogP contribution is 2.31. The van der Waals surface area contributed by atoms with Crippen molar-refractivity contribution in [1.29, 1.82) is 0 Å². The number of para-hydroxylation sites is 2. The van der Waals surface area contributed by atoms with Crippen LogP contribution < -0.4 is 14.4 Å². The molecule has 0 radical (unpaired) electrons. The lowest BCUT2D eigenvalue weighted by Gasteiger charge is -2.22. The number of anilines is 2. The van der Waals surface area contributed by atoms with Gasteiger partial charge in [0.25, 0.3) is 15.9 Å². The van der Waals surface area contributed by atoms with E-state index >= 15 is 0 Å².